The Morgan fingerprint density at radius 3 is 2.63 bits per heavy atom. The molecule has 0 amide bonds. The zero-order valence-corrected chi connectivity index (χ0v) is 13.3. The third-order valence-corrected chi connectivity index (χ3v) is 5.69. The molecule has 0 aromatic rings. The summed E-state index contributed by atoms with van der Waals surface area (Å²) in [6, 6.07) is 0. The molecule has 1 fully saturated rings. The number of rotatable bonds is 10. The quantitative estimate of drug-likeness (QED) is 0.628. The van der Waals surface area contributed by atoms with Gasteiger partial charge in [-0.2, -0.15) is 0 Å². The lowest BCUT2D eigenvalue weighted by molar-refractivity contribution is 0.443. The molecule has 0 spiro atoms. The van der Waals surface area contributed by atoms with Crippen LogP contribution >= 0.6 is 0 Å². The molecule has 1 aliphatic heterocycles. The van der Waals surface area contributed by atoms with E-state index in [1.165, 1.54) is 0 Å². The van der Waals surface area contributed by atoms with Gasteiger partial charge in [0, 0.05) is 13.1 Å². The minimum absolute atomic E-state index is 0.319. The van der Waals surface area contributed by atoms with Crippen molar-refractivity contribution in [2.75, 3.05) is 31.9 Å². The Hall–Kier alpha value is -0.130. The van der Waals surface area contributed by atoms with Gasteiger partial charge in [0.1, 0.15) is 0 Å². The molecule has 0 radical (unpaired) electrons. The fourth-order valence-corrected chi connectivity index (χ4v) is 4.31. The highest BCUT2D eigenvalue weighted by atomic mass is 32.2. The molecule has 1 N–H and O–H groups in total. The molecule has 4 nitrogen and oxygen atoms in total. The zero-order valence-electron chi connectivity index (χ0n) is 12.5. The van der Waals surface area contributed by atoms with E-state index < -0.39 is 10.0 Å². The average Bonchev–Trinajstić information content (AvgIpc) is 2.83. The molecule has 1 aliphatic rings. The van der Waals surface area contributed by atoms with Crippen LogP contribution in [0.15, 0.2) is 0 Å². The third-order valence-electron chi connectivity index (χ3n) is 3.77. The molecule has 1 atom stereocenters. The van der Waals surface area contributed by atoms with Crippen molar-refractivity contribution in [3.63, 3.8) is 0 Å². The van der Waals surface area contributed by atoms with Crippen molar-refractivity contribution in [2.45, 2.75) is 52.4 Å². The molecular weight excluding hydrogens is 260 g/mol. The summed E-state index contributed by atoms with van der Waals surface area (Å²) in [6.07, 6.45) is 6.21. The number of hydrogen-bond acceptors (Lipinski definition) is 3. The predicted molar refractivity (Wildman–Crippen MR) is 80.8 cm³/mol. The fraction of sp³-hybridized carbons (Fsp3) is 1.00. The van der Waals surface area contributed by atoms with Gasteiger partial charge in [-0.1, -0.05) is 20.3 Å². The van der Waals surface area contributed by atoms with Gasteiger partial charge in [0.15, 0.2) is 0 Å². The maximum atomic E-state index is 12.2. The van der Waals surface area contributed by atoms with Crippen molar-refractivity contribution in [2.24, 2.45) is 5.92 Å². The highest BCUT2D eigenvalue weighted by Gasteiger charge is 2.30. The molecule has 19 heavy (non-hydrogen) atoms. The topological polar surface area (TPSA) is 49.4 Å². The van der Waals surface area contributed by atoms with Gasteiger partial charge in [0.05, 0.1) is 5.75 Å². The molecule has 1 saturated heterocycles. The van der Waals surface area contributed by atoms with Crippen LogP contribution in [-0.2, 0) is 10.0 Å². The summed E-state index contributed by atoms with van der Waals surface area (Å²) in [4.78, 5) is 0. The molecule has 0 aromatic carbocycles. The first-order chi connectivity index (χ1) is 9.10. The monoisotopic (exact) mass is 290 g/mol. The second-order valence-corrected chi connectivity index (χ2v) is 7.66. The van der Waals surface area contributed by atoms with Crippen molar-refractivity contribution in [3.05, 3.63) is 0 Å². The second-order valence-electron chi connectivity index (χ2n) is 5.57. The van der Waals surface area contributed by atoms with Gasteiger partial charge >= 0.3 is 0 Å². The average molecular weight is 290 g/mol. The lowest BCUT2D eigenvalue weighted by Crippen LogP contribution is -2.31. The lowest BCUT2D eigenvalue weighted by atomic mass is 10.0. The van der Waals surface area contributed by atoms with Crippen LogP contribution in [0.5, 0.6) is 0 Å². The maximum absolute atomic E-state index is 12.2. The molecule has 114 valence electrons. The Balaban J connectivity index is 2.21. The second kappa shape index (κ2) is 8.93. The van der Waals surface area contributed by atoms with Crippen LogP contribution in [0, 0.1) is 5.92 Å². The Kier molecular flexibility index (Phi) is 7.95. The number of nitrogens with zero attached hydrogens (tertiary/aromatic N) is 1. The highest BCUT2D eigenvalue weighted by molar-refractivity contribution is 7.89. The summed E-state index contributed by atoms with van der Waals surface area (Å²) in [7, 11) is -3.00. The first-order valence-corrected chi connectivity index (χ1v) is 9.39. The van der Waals surface area contributed by atoms with E-state index in [2.05, 4.69) is 19.2 Å². The molecule has 0 aromatic heterocycles. The van der Waals surface area contributed by atoms with Crippen molar-refractivity contribution in [3.8, 4) is 0 Å². The SMILES string of the molecule is CCCNCCCCS(=O)(=O)N1CCC(CCC)C1. The fourth-order valence-electron chi connectivity index (χ4n) is 2.66. The molecule has 5 heteroatoms. The summed E-state index contributed by atoms with van der Waals surface area (Å²) >= 11 is 0. The van der Waals surface area contributed by atoms with Gasteiger partial charge in [0.25, 0.3) is 0 Å². The zero-order chi connectivity index (χ0) is 14.1. The Morgan fingerprint density at radius 1 is 1.16 bits per heavy atom. The Labute approximate surface area is 119 Å². The van der Waals surface area contributed by atoms with Crippen LogP contribution in [0.1, 0.15) is 52.4 Å². The number of nitrogens with one attached hydrogen (secondary N) is 1. The normalized spacial score (nSPS) is 21.1. The summed E-state index contributed by atoms with van der Waals surface area (Å²) < 4.78 is 26.1. The van der Waals surface area contributed by atoms with E-state index in [1.807, 2.05) is 0 Å². The van der Waals surface area contributed by atoms with E-state index in [0.717, 1.165) is 64.7 Å². The van der Waals surface area contributed by atoms with Crippen molar-refractivity contribution in [1.29, 1.82) is 0 Å². The highest BCUT2D eigenvalue weighted by Crippen LogP contribution is 2.23. The lowest BCUT2D eigenvalue weighted by Gasteiger charge is -2.16. The van der Waals surface area contributed by atoms with E-state index in [0.29, 0.717) is 11.7 Å². The van der Waals surface area contributed by atoms with E-state index >= 15 is 0 Å². The van der Waals surface area contributed by atoms with Gasteiger partial charge in [-0.05, 0) is 51.1 Å². The van der Waals surface area contributed by atoms with E-state index in [1.54, 1.807) is 4.31 Å². The number of unbranched alkanes of at least 4 members (excludes halogenated alkanes) is 1. The van der Waals surface area contributed by atoms with Crippen molar-refractivity contribution >= 4 is 10.0 Å². The smallest absolute Gasteiger partial charge is 0.214 e. The van der Waals surface area contributed by atoms with E-state index in [4.69, 9.17) is 0 Å². The van der Waals surface area contributed by atoms with Crippen LogP contribution in [0.3, 0.4) is 0 Å². The molecule has 1 heterocycles. The number of sulfonamides is 1. The van der Waals surface area contributed by atoms with Gasteiger partial charge in [-0.3, -0.25) is 0 Å². The van der Waals surface area contributed by atoms with Gasteiger partial charge < -0.3 is 5.32 Å². The summed E-state index contributed by atoms with van der Waals surface area (Å²) in [6.45, 7) is 7.75. The Bertz CT molecular complexity index is 330. The minimum Gasteiger partial charge on any atom is -0.317 e. The molecule has 0 aliphatic carbocycles. The van der Waals surface area contributed by atoms with E-state index in [9.17, 15) is 8.42 Å². The van der Waals surface area contributed by atoms with Crippen LogP contribution < -0.4 is 5.32 Å². The maximum Gasteiger partial charge on any atom is 0.214 e. The molecule has 1 rings (SSSR count). The van der Waals surface area contributed by atoms with Crippen LogP contribution in [0.2, 0.25) is 0 Å². The van der Waals surface area contributed by atoms with E-state index in [-0.39, 0.29) is 0 Å². The first kappa shape index (κ1) is 16.9. The predicted octanol–water partition coefficient (Wildman–Crippen LogP) is 2.22. The molecule has 1 unspecified atom stereocenters. The Morgan fingerprint density at radius 2 is 1.95 bits per heavy atom. The van der Waals surface area contributed by atoms with Crippen molar-refractivity contribution < 1.29 is 8.42 Å². The third kappa shape index (κ3) is 6.23. The van der Waals surface area contributed by atoms with Crippen LogP contribution in [0.4, 0.5) is 0 Å². The summed E-state index contributed by atoms with van der Waals surface area (Å²) in [5, 5.41) is 3.31. The van der Waals surface area contributed by atoms with Crippen LogP contribution in [0.25, 0.3) is 0 Å². The molecule has 0 bridgehead atoms. The number of hydrogen-bond donors (Lipinski definition) is 1. The van der Waals surface area contributed by atoms with Gasteiger partial charge in [-0.25, -0.2) is 12.7 Å². The van der Waals surface area contributed by atoms with Gasteiger partial charge in [0.2, 0.25) is 10.0 Å². The summed E-state index contributed by atoms with van der Waals surface area (Å²) in [5.74, 6) is 0.908. The van der Waals surface area contributed by atoms with Crippen molar-refractivity contribution in [1.82, 2.24) is 9.62 Å². The first-order valence-electron chi connectivity index (χ1n) is 7.78. The van der Waals surface area contributed by atoms with Gasteiger partial charge in [-0.15, -0.1) is 0 Å². The molecular formula is C14H30N2O2S. The molecule has 0 saturated carbocycles. The largest absolute Gasteiger partial charge is 0.317 e. The van der Waals surface area contributed by atoms with Crippen LogP contribution in [-0.4, -0.2) is 44.7 Å². The summed E-state index contributed by atoms with van der Waals surface area (Å²) in [5.41, 5.74) is 0. The standard InChI is InChI=1S/C14H30N2O2S/c1-3-7-14-8-11-16(13-14)19(17,18)12-6-5-10-15-9-4-2/h14-15H,3-13H2,1-2H3. The minimum atomic E-state index is -3.00.